The molecule has 0 atom stereocenters. The van der Waals surface area contributed by atoms with E-state index in [2.05, 4.69) is 10.1 Å². The minimum Gasteiger partial charge on any atom is -0.494 e. The van der Waals surface area contributed by atoms with Crippen LogP contribution >= 0.6 is 0 Å². The molecule has 76 valence electrons. The molecule has 0 fully saturated rings. The first-order valence-corrected chi connectivity index (χ1v) is 4.20. The van der Waals surface area contributed by atoms with Gasteiger partial charge in [0.1, 0.15) is 5.75 Å². The van der Waals surface area contributed by atoms with E-state index in [-0.39, 0.29) is 7.39 Å². The second-order valence-electron chi connectivity index (χ2n) is 2.51. The first kappa shape index (κ1) is 10.2. The highest BCUT2D eigenvalue weighted by atomic mass is 16.5. The average Bonchev–Trinajstić information content (AvgIpc) is 2.21. The second kappa shape index (κ2) is 4.96. The maximum atomic E-state index is 6.61. The van der Waals surface area contributed by atoms with Gasteiger partial charge in [0.2, 0.25) is 5.96 Å². The van der Waals surface area contributed by atoms with Gasteiger partial charge in [0.25, 0.3) is 0 Å². The summed E-state index contributed by atoms with van der Waals surface area (Å²) in [5.74, 6) is 0.724. The summed E-state index contributed by atoms with van der Waals surface area (Å²) < 4.78 is 5.25. The quantitative estimate of drug-likeness (QED) is 0.439. The van der Waals surface area contributed by atoms with Crippen LogP contribution in [0.3, 0.4) is 0 Å². The maximum absolute atomic E-state index is 6.61. The molecule has 14 heavy (non-hydrogen) atoms. The van der Waals surface area contributed by atoms with E-state index in [0.717, 1.165) is 5.75 Å². The van der Waals surface area contributed by atoms with Crippen molar-refractivity contribution in [3.05, 3.63) is 24.3 Å². The number of rotatable bonds is 3. The average molecular weight is 194 g/mol. The van der Waals surface area contributed by atoms with Gasteiger partial charge in [0, 0.05) is 1.43 Å². The normalized spacial score (nSPS) is 11.1. The van der Waals surface area contributed by atoms with Gasteiger partial charge in [-0.05, 0) is 31.2 Å². The summed E-state index contributed by atoms with van der Waals surface area (Å²) in [5, 5.41) is 2.99. The topological polar surface area (TPSA) is 83.8 Å². The maximum Gasteiger partial charge on any atom is 0.239 e. The lowest BCUT2D eigenvalue weighted by atomic mass is 10.3. The van der Waals surface area contributed by atoms with Crippen LogP contribution in [0.15, 0.2) is 34.4 Å². The van der Waals surface area contributed by atoms with Crippen molar-refractivity contribution in [3.63, 3.8) is 0 Å². The smallest absolute Gasteiger partial charge is 0.239 e. The summed E-state index contributed by atoms with van der Waals surface area (Å²) in [6.07, 6.45) is 0. The van der Waals surface area contributed by atoms with E-state index < -0.39 is 0 Å². The van der Waals surface area contributed by atoms with Crippen LogP contribution in [0.4, 0.5) is 5.69 Å². The molecule has 0 unspecified atom stereocenters. The fraction of sp³-hybridized carbons (Fsp3) is 0.222. The van der Waals surface area contributed by atoms with E-state index in [1.54, 1.807) is 24.3 Å². The first-order chi connectivity index (χ1) is 6.76. The van der Waals surface area contributed by atoms with Crippen molar-refractivity contribution in [1.29, 1.82) is 5.53 Å². The third-order valence-corrected chi connectivity index (χ3v) is 1.51. The Morgan fingerprint density at radius 2 is 2.14 bits per heavy atom. The molecule has 0 spiro atoms. The highest BCUT2D eigenvalue weighted by Crippen LogP contribution is 2.17. The van der Waals surface area contributed by atoms with Gasteiger partial charge in [0.05, 0.1) is 12.3 Å². The third-order valence-electron chi connectivity index (χ3n) is 1.51. The molecule has 0 bridgehead atoms. The summed E-state index contributed by atoms with van der Waals surface area (Å²) in [6, 6.07) is 7.09. The van der Waals surface area contributed by atoms with E-state index in [4.69, 9.17) is 16.0 Å². The van der Waals surface area contributed by atoms with E-state index in [0.29, 0.717) is 12.3 Å². The minimum atomic E-state index is -0.0610. The van der Waals surface area contributed by atoms with Crippen molar-refractivity contribution in [2.75, 3.05) is 6.61 Å². The van der Waals surface area contributed by atoms with Crippen LogP contribution in [0.5, 0.6) is 5.75 Å². The van der Waals surface area contributed by atoms with Crippen molar-refractivity contribution >= 4 is 11.6 Å². The number of benzene rings is 1. The highest BCUT2D eigenvalue weighted by molar-refractivity contribution is 5.80. The van der Waals surface area contributed by atoms with Crippen LogP contribution in [0.25, 0.3) is 0 Å². The SMILES string of the molecule is CCOc1ccc(N=C(N)N=N)cc1.[HH]. The Morgan fingerprint density at radius 1 is 1.50 bits per heavy atom. The van der Waals surface area contributed by atoms with Crippen molar-refractivity contribution in [1.82, 2.24) is 0 Å². The van der Waals surface area contributed by atoms with Gasteiger partial charge < -0.3 is 10.5 Å². The van der Waals surface area contributed by atoms with Gasteiger partial charge in [0.15, 0.2) is 0 Å². The summed E-state index contributed by atoms with van der Waals surface area (Å²) in [6.45, 7) is 2.55. The van der Waals surface area contributed by atoms with E-state index in [1.807, 2.05) is 6.92 Å². The van der Waals surface area contributed by atoms with Crippen LogP contribution < -0.4 is 10.5 Å². The molecule has 3 N–H and O–H groups in total. The number of guanidine groups is 1. The van der Waals surface area contributed by atoms with E-state index in [9.17, 15) is 0 Å². The molecule has 1 aromatic carbocycles. The fourth-order valence-electron chi connectivity index (χ4n) is 0.941. The number of nitrogens with zero attached hydrogens (tertiary/aromatic N) is 2. The van der Waals surface area contributed by atoms with Crippen molar-refractivity contribution in [2.24, 2.45) is 15.8 Å². The largest absolute Gasteiger partial charge is 0.494 e. The summed E-state index contributed by atoms with van der Waals surface area (Å²) >= 11 is 0. The Hall–Kier alpha value is -1.91. The summed E-state index contributed by atoms with van der Waals surface area (Å²) in [7, 11) is 0. The number of aliphatic imine (C=N–C) groups is 1. The Bertz CT molecular complexity index is 336. The lowest BCUT2D eigenvalue weighted by Gasteiger charge is -2.01. The van der Waals surface area contributed by atoms with Crippen LogP contribution in [-0.4, -0.2) is 12.6 Å². The molecule has 0 aromatic heterocycles. The zero-order valence-electron chi connectivity index (χ0n) is 7.90. The molecule has 0 radical (unpaired) electrons. The molecule has 0 saturated heterocycles. The molecule has 0 heterocycles. The Labute approximate surface area is 83.6 Å². The highest BCUT2D eigenvalue weighted by Gasteiger charge is 1.93. The molecule has 1 aromatic rings. The molecule has 0 aliphatic heterocycles. The first-order valence-electron chi connectivity index (χ1n) is 4.20. The third kappa shape index (κ3) is 2.85. The van der Waals surface area contributed by atoms with Crippen molar-refractivity contribution in [3.8, 4) is 5.75 Å². The Balaban J connectivity index is 0.00000196. The van der Waals surface area contributed by atoms with Gasteiger partial charge in [-0.1, -0.05) is 0 Å². The lowest BCUT2D eigenvalue weighted by Crippen LogP contribution is -2.05. The molecule has 0 aliphatic rings. The van der Waals surface area contributed by atoms with E-state index in [1.165, 1.54) is 0 Å². The van der Waals surface area contributed by atoms with Gasteiger partial charge in [-0.25, -0.2) is 10.5 Å². The molecule has 0 amide bonds. The summed E-state index contributed by atoms with van der Waals surface area (Å²) in [5.41, 5.74) is 12.5. The molecular formula is C9H14N4O. The van der Waals surface area contributed by atoms with Crippen LogP contribution in [-0.2, 0) is 0 Å². The van der Waals surface area contributed by atoms with Gasteiger partial charge in [-0.2, -0.15) is 0 Å². The van der Waals surface area contributed by atoms with Crippen LogP contribution in [0.1, 0.15) is 8.35 Å². The summed E-state index contributed by atoms with van der Waals surface area (Å²) in [4.78, 5) is 3.86. The van der Waals surface area contributed by atoms with Crippen molar-refractivity contribution < 1.29 is 6.16 Å². The number of hydrogen-bond acceptors (Lipinski definition) is 3. The monoisotopic (exact) mass is 194 g/mol. The molecule has 5 nitrogen and oxygen atoms in total. The van der Waals surface area contributed by atoms with Crippen LogP contribution in [0.2, 0.25) is 0 Å². The van der Waals surface area contributed by atoms with Crippen molar-refractivity contribution in [2.45, 2.75) is 6.92 Å². The molecule has 1 rings (SSSR count). The lowest BCUT2D eigenvalue weighted by molar-refractivity contribution is 0.340. The molecule has 0 aliphatic carbocycles. The second-order valence-corrected chi connectivity index (χ2v) is 2.51. The predicted octanol–water partition coefficient (Wildman–Crippen LogP) is 2.31. The standard InChI is InChI=1S/C9H12N4O.H2/c1-2-14-8-5-3-7(4-6-8)12-9(10)13-11;/h3-6,11H,2H2,1H3,(H2,10,12);1H. The molecule has 5 heteroatoms. The zero-order valence-corrected chi connectivity index (χ0v) is 7.90. The van der Waals surface area contributed by atoms with E-state index >= 15 is 0 Å². The van der Waals surface area contributed by atoms with Gasteiger partial charge in [-0.15, -0.1) is 5.11 Å². The van der Waals surface area contributed by atoms with Gasteiger partial charge >= 0.3 is 0 Å². The molecular weight excluding hydrogens is 180 g/mol. The fourth-order valence-corrected chi connectivity index (χ4v) is 0.941. The van der Waals surface area contributed by atoms with Crippen LogP contribution in [0, 0.1) is 5.53 Å². The number of nitrogens with two attached hydrogens (primary N) is 1. The number of hydrogen-bond donors (Lipinski definition) is 2. The number of nitrogens with one attached hydrogen (secondary N) is 1. The molecule has 0 saturated carbocycles. The minimum absolute atomic E-state index is 0. The Morgan fingerprint density at radius 3 is 2.64 bits per heavy atom. The Kier molecular flexibility index (Phi) is 3.60. The predicted molar refractivity (Wildman–Crippen MR) is 56.2 cm³/mol. The van der Waals surface area contributed by atoms with Gasteiger partial charge in [-0.3, -0.25) is 0 Å². The number of ether oxygens (including phenoxy) is 1. The zero-order chi connectivity index (χ0) is 10.4.